The summed E-state index contributed by atoms with van der Waals surface area (Å²) in [5.41, 5.74) is 0.356. The average Bonchev–Trinajstić information content (AvgIpc) is 3.73. The second-order valence-electron chi connectivity index (χ2n) is 13.8. The molecule has 44 heavy (non-hydrogen) atoms. The SMILES string of the molecule is CC(C)[C@@H]1CO[C@]2(/C1=[CH]/[Sn]([c]1ccccc1)([c]1ccccc1)[c]1ccccc1)[C@@H](C1COC(C)(C)O1)O[C@@H]1OC(C)(C)O[C@@H]12. The summed E-state index contributed by atoms with van der Waals surface area (Å²) in [7, 11) is 0. The normalized spacial score (nSPS) is 33.4. The molecule has 3 aromatic carbocycles. The monoisotopic (exact) mass is 704 g/mol. The molecule has 6 nitrogen and oxygen atoms in total. The van der Waals surface area contributed by atoms with Crippen LogP contribution in [0.3, 0.4) is 0 Å². The van der Waals surface area contributed by atoms with E-state index in [4.69, 9.17) is 28.4 Å². The van der Waals surface area contributed by atoms with Gasteiger partial charge in [-0.25, -0.2) is 0 Å². The van der Waals surface area contributed by atoms with Crippen molar-refractivity contribution in [3.05, 3.63) is 101 Å². The Morgan fingerprint density at radius 2 is 1.20 bits per heavy atom. The molecule has 232 valence electrons. The first-order valence-corrected chi connectivity index (χ1v) is 21.9. The number of hydrogen-bond acceptors (Lipinski definition) is 6. The van der Waals surface area contributed by atoms with Gasteiger partial charge in [0.1, 0.15) is 0 Å². The van der Waals surface area contributed by atoms with Gasteiger partial charge in [0.25, 0.3) is 0 Å². The van der Waals surface area contributed by atoms with Crippen LogP contribution in [0.15, 0.2) is 101 Å². The maximum absolute atomic E-state index is 7.14. The van der Waals surface area contributed by atoms with E-state index in [9.17, 15) is 0 Å². The standard InChI is InChI=1S/C19H29O6.3C6H5.Sn/c1-10(2)12-8-21-19(11(12)3)14(13-9-20-17(4,5)23-13)22-16-15(19)24-18(6,7)25-16;3*1-2-4-6-5-3-1;/h3,10,12-16H,8-9H2,1-2,4-7H3;3*1-5H;/t12-,13?,14+,15-,16+,19+;;;;/m0..../s1. The molecule has 1 unspecified atom stereocenters. The van der Waals surface area contributed by atoms with Gasteiger partial charge in [-0.05, 0) is 0 Å². The van der Waals surface area contributed by atoms with Gasteiger partial charge in [0.2, 0.25) is 0 Å². The van der Waals surface area contributed by atoms with Crippen LogP contribution >= 0.6 is 0 Å². The van der Waals surface area contributed by atoms with Gasteiger partial charge in [0.15, 0.2) is 0 Å². The van der Waals surface area contributed by atoms with Crippen LogP contribution in [0.1, 0.15) is 41.5 Å². The second kappa shape index (κ2) is 11.3. The first-order chi connectivity index (χ1) is 21.1. The Morgan fingerprint density at radius 1 is 0.659 bits per heavy atom. The molecular formula is C37H44O6Sn. The van der Waals surface area contributed by atoms with Gasteiger partial charge in [-0.3, -0.25) is 0 Å². The van der Waals surface area contributed by atoms with Crippen molar-refractivity contribution in [2.75, 3.05) is 13.2 Å². The van der Waals surface area contributed by atoms with E-state index in [2.05, 4.69) is 109 Å². The number of fused-ring (bicyclic) bond motifs is 2. The number of rotatable bonds is 6. The molecular weight excluding hydrogens is 659 g/mol. The summed E-state index contributed by atoms with van der Waals surface area (Å²) in [6, 6.07) is 33.3. The van der Waals surface area contributed by atoms with E-state index < -0.39 is 54.1 Å². The van der Waals surface area contributed by atoms with Crippen LogP contribution in [0, 0.1) is 11.8 Å². The van der Waals surface area contributed by atoms with Gasteiger partial charge in [0.05, 0.1) is 0 Å². The van der Waals surface area contributed by atoms with Crippen LogP contribution in [0.5, 0.6) is 0 Å². The van der Waals surface area contributed by atoms with Gasteiger partial charge in [-0.15, -0.1) is 0 Å². The van der Waals surface area contributed by atoms with Crippen molar-refractivity contribution >= 4 is 29.1 Å². The molecule has 6 atom stereocenters. The third-order valence-corrected chi connectivity index (χ3v) is 22.5. The van der Waals surface area contributed by atoms with Gasteiger partial charge in [-0.1, -0.05) is 0 Å². The van der Waals surface area contributed by atoms with E-state index in [0.29, 0.717) is 19.1 Å². The Hall–Kier alpha value is -2.04. The summed E-state index contributed by atoms with van der Waals surface area (Å²) in [6.07, 6.45) is -1.82. The fourth-order valence-corrected chi connectivity index (χ4v) is 20.8. The molecule has 3 aromatic rings. The zero-order valence-electron chi connectivity index (χ0n) is 26.6. The Bertz CT molecular complexity index is 1390. The van der Waals surface area contributed by atoms with Gasteiger partial charge in [0, 0.05) is 0 Å². The quantitative estimate of drug-likeness (QED) is 0.348. The van der Waals surface area contributed by atoms with Crippen LogP contribution in [-0.4, -0.2) is 73.4 Å². The van der Waals surface area contributed by atoms with E-state index in [-0.39, 0.29) is 12.0 Å². The molecule has 0 bridgehead atoms. The van der Waals surface area contributed by atoms with Crippen molar-refractivity contribution in [2.24, 2.45) is 11.8 Å². The summed E-state index contributed by atoms with van der Waals surface area (Å²) in [6.45, 7) is 13.4. The van der Waals surface area contributed by atoms with Gasteiger partial charge in [-0.2, -0.15) is 0 Å². The maximum atomic E-state index is 7.14. The molecule has 0 radical (unpaired) electrons. The molecule has 4 fully saturated rings. The van der Waals surface area contributed by atoms with Crippen molar-refractivity contribution in [3.63, 3.8) is 0 Å². The molecule has 4 saturated heterocycles. The Morgan fingerprint density at radius 3 is 1.68 bits per heavy atom. The molecule has 4 heterocycles. The van der Waals surface area contributed by atoms with Crippen molar-refractivity contribution in [1.82, 2.24) is 0 Å². The predicted molar refractivity (Wildman–Crippen MR) is 173 cm³/mol. The number of ether oxygens (including phenoxy) is 6. The van der Waals surface area contributed by atoms with Crippen molar-refractivity contribution < 1.29 is 28.4 Å². The predicted octanol–water partition coefficient (Wildman–Crippen LogP) is 4.69. The molecule has 0 amide bonds. The Balaban J connectivity index is 1.52. The molecule has 0 aliphatic carbocycles. The zero-order chi connectivity index (χ0) is 30.7. The summed E-state index contributed by atoms with van der Waals surface area (Å²) in [5, 5.41) is 0. The van der Waals surface area contributed by atoms with E-state index in [0.717, 1.165) is 0 Å². The van der Waals surface area contributed by atoms with E-state index >= 15 is 0 Å². The van der Waals surface area contributed by atoms with Crippen LogP contribution < -0.4 is 10.7 Å². The van der Waals surface area contributed by atoms with Gasteiger partial charge >= 0.3 is 267 Å². The third kappa shape index (κ3) is 5.02. The molecule has 7 heteroatoms. The zero-order valence-corrected chi connectivity index (χ0v) is 29.4. The molecule has 4 aliphatic rings. The average molecular weight is 703 g/mol. The Kier molecular flexibility index (Phi) is 7.88. The van der Waals surface area contributed by atoms with E-state index in [1.165, 1.54) is 16.3 Å². The summed E-state index contributed by atoms with van der Waals surface area (Å²) >= 11 is -3.93. The molecule has 0 saturated carbocycles. The van der Waals surface area contributed by atoms with Crippen LogP contribution in [-0.2, 0) is 28.4 Å². The van der Waals surface area contributed by atoms with Gasteiger partial charge < -0.3 is 0 Å². The van der Waals surface area contributed by atoms with Crippen molar-refractivity contribution in [3.8, 4) is 0 Å². The summed E-state index contributed by atoms with van der Waals surface area (Å²) in [4.78, 5) is 0. The minimum absolute atomic E-state index is 0.162. The summed E-state index contributed by atoms with van der Waals surface area (Å²) in [5.74, 6) is -1.02. The number of hydrogen-bond donors (Lipinski definition) is 0. The molecule has 7 rings (SSSR count). The van der Waals surface area contributed by atoms with E-state index in [1.807, 2.05) is 27.7 Å². The topological polar surface area (TPSA) is 55.4 Å². The summed E-state index contributed by atoms with van der Waals surface area (Å²) < 4.78 is 46.6. The first-order valence-electron chi connectivity index (χ1n) is 15.9. The van der Waals surface area contributed by atoms with Crippen LogP contribution in [0.25, 0.3) is 0 Å². The first kappa shape index (κ1) is 30.6. The second-order valence-corrected chi connectivity index (χ2v) is 24.2. The van der Waals surface area contributed by atoms with Crippen LogP contribution in [0.4, 0.5) is 0 Å². The van der Waals surface area contributed by atoms with Crippen molar-refractivity contribution in [1.29, 1.82) is 0 Å². The molecule has 4 aliphatic heterocycles. The molecule has 0 N–H and O–H groups in total. The minimum atomic E-state index is -3.93. The third-order valence-electron chi connectivity index (χ3n) is 9.77. The molecule has 0 aromatic heterocycles. The Labute approximate surface area is 265 Å². The van der Waals surface area contributed by atoms with Crippen LogP contribution in [0.2, 0.25) is 0 Å². The molecule has 1 spiro atoms. The fraction of sp³-hybridized carbons (Fsp3) is 0.459. The number of benzene rings is 3. The van der Waals surface area contributed by atoms with Crippen molar-refractivity contribution in [2.45, 2.75) is 83.3 Å². The van der Waals surface area contributed by atoms with E-state index in [1.54, 1.807) is 0 Å². The fourth-order valence-electron chi connectivity index (χ4n) is 7.80.